The van der Waals surface area contributed by atoms with E-state index in [4.69, 9.17) is 14.5 Å². The molecule has 0 amide bonds. The lowest BCUT2D eigenvalue weighted by molar-refractivity contribution is -0.0875. The van der Waals surface area contributed by atoms with Crippen molar-refractivity contribution < 1.29 is 19.3 Å². The summed E-state index contributed by atoms with van der Waals surface area (Å²) in [6, 6.07) is 0. The second-order valence-corrected chi connectivity index (χ2v) is 6.09. The van der Waals surface area contributed by atoms with Gasteiger partial charge in [-0.3, -0.25) is 9.78 Å². The topological polar surface area (TPSA) is 44.8 Å². The summed E-state index contributed by atoms with van der Waals surface area (Å²) in [5, 5.41) is 0. The molecule has 1 heterocycles. The normalized spacial score (nSPS) is 13.0. The number of rotatable bonds is 1. The number of benzene rings is 1. The Morgan fingerprint density at radius 3 is 2.11 bits per heavy atom. The lowest BCUT2D eigenvalue weighted by atomic mass is 10.1. The third-order valence-electron chi connectivity index (χ3n) is 2.14. The molecule has 0 unspecified atom stereocenters. The molecule has 0 spiro atoms. The largest absolute Gasteiger partial charge is 0.456 e. The average molecular weight is 304 g/mol. The van der Waals surface area contributed by atoms with Crippen LogP contribution < -0.4 is 9.78 Å². The Balaban J connectivity index is 2.51. The van der Waals surface area contributed by atoms with Crippen LogP contribution in [0.2, 0.25) is 0 Å². The zero-order valence-electron chi connectivity index (χ0n) is 9.97. The zero-order valence-corrected chi connectivity index (χ0v) is 12.7. The molecule has 18 heavy (non-hydrogen) atoms. The van der Waals surface area contributed by atoms with Crippen LogP contribution in [0.3, 0.4) is 0 Å². The van der Waals surface area contributed by atoms with Crippen molar-refractivity contribution >= 4 is 43.9 Å². The molecule has 4 nitrogen and oxygen atoms in total. The molecule has 98 valence electrons. The summed E-state index contributed by atoms with van der Waals surface area (Å²) in [6.07, 6.45) is 0. The molecule has 1 aromatic carbocycles. The summed E-state index contributed by atoms with van der Waals surface area (Å²) >= 11 is 12.7. The van der Waals surface area contributed by atoms with Crippen LogP contribution in [0, 0.1) is 0 Å². The van der Waals surface area contributed by atoms with E-state index in [1.54, 1.807) is 20.8 Å². The highest BCUT2D eigenvalue weighted by Gasteiger charge is 2.34. The highest BCUT2D eigenvalue weighted by Crippen LogP contribution is 2.49. The lowest BCUT2D eigenvalue weighted by Gasteiger charge is -2.20. The number of thiol groups is 3. The van der Waals surface area contributed by atoms with Gasteiger partial charge in [-0.05, 0) is 20.8 Å². The van der Waals surface area contributed by atoms with Crippen molar-refractivity contribution in [1.29, 1.82) is 0 Å². The average Bonchev–Trinajstić information content (AvgIpc) is 2.50. The minimum Gasteiger partial charge on any atom is -0.456 e. The van der Waals surface area contributed by atoms with Gasteiger partial charge in [0.1, 0.15) is 16.1 Å². The summed E-state index contributed by atoms with van der Waals surface area (Å²) < 4.78 is 5.29. The summed E-state index contributed by atoms with van der Waals surface area (Å²) in [5.74, 6) is 0.0181. The molecule has 0 saturated heterocycles. The van der Waals surface area contributed by atoms with Crippen LogP contribution in [0.25, 0.3) is 0 Å². The number of hydrogen-bond donors (Lipinski definition) is 3. The van der Waals surface area contributed by atoms with Crippen molar-refractivity contribution in [3.05, 3.63) is 5.56 Å². The molecule has 0 atom stereocenters. The standard InChI is InChI=1S/C11H12O4S3/c1-11(2,3)13-10(12)4-5-8(17)6(15-14-5)9(18)7(4)16/h16-18H,1-3H3. The first-order chi connectivity index (χ1) is 8.22. The molecule has 0 N–H and O–H groups in total. The van der Waals surface area contributed by atoms with E-state index in [0.29, 0.717) is 20.4 Å². The van der Waals surface area contributed by atoms with E-state index in [1.807, 2.05) is 0 Å². The van der Waals surface area contributed by atoms with Gasteiger partial charge in [0.25, 0.3) is 0 Å². The van der Waals surface area contributed by atoms with Crippen molar-refractivity contribution in [2.45, 2.75) is 41.1 Å². The van der Waals surface area contributed by atoms with Gasteiger partial charge in [0, 0.05) is 4.90 Å². The molecule has 1 aliphatic heterocycles. The van der Waals surface area contributed by atoms with Crippen LogP contribution in [0.15, 0.2) is 14.7 Å². The Labute approximate surface area is 121 Å². The second-order valence-electron chi connectivity index (χ2n) is 4.75. The van der Waals surface area contributed by atoms with Crippen molar-refractivity contribution in [1.82, 2.24) is 0 Å². The quantitative estimate of drug-likeness (QED) is 0.423. The smallest absolute Gasteiger partial charge is 0.343 e. The van der Waals surface area contributed by atoms with E-state index < -0.39 is 11.6 Å². The van der Waals surface area contributed by atoms with Gasteiger partial charge in [-0.2, -0.15) is 0 Å². The van der Waals surface area contributed by atoms with Gasteiger partial charge in [-0.1, -0.05) is 0 Å². The van der Waals surface area contributed by atoms with Crippen LogP contribution in [0.1, 0.15) is 31.1 Å². The third-order valence-corrected chi connectivity index (χ3v) is 3.60. The number of esters is 1. The Morgan fingerprint density at radius 2 is 1.56 bits per heavy atom. The van der Waals surface area contributed by atoms with Crippen LogP contribution >= 0.6 is 37.9 Å². The summed E-state index contributed by atoms with van der Waals surface area (Å²) in [5.41, 5.74) is -0.445. The maximum absolute atomic E-state index is 12.1. The Morgan fingerprint density at radius 1 is 1.00 bits per heavy atom. The van der Waals surface area contributed by atoms with Gasteiger partial charge in [0.15, 0.2) is 0 Å². The van der Waals surface area contributed by atoms with Crippen molar-refractivity contribution in [3.63, 3.8) is 0 Å². The molecule has 1 aliphatic rings. The Bertz CT molecular complexity index is 534. The maximum Gasteiger partial charge on any atom is 0.343 e. The molecule has 0 saturated carbocycles. The molecule has 0 aliphatic carbocycles. The van der Waals surface area contributed by atoms with E-state index in [0.717, 1.165) is 0 Å². The summed E-state index contributed by atoms with van der Waals surface area (Å²) in [4.78, 5) is 23.2. The molecule has 2 bridgehead atoms. The zero-order chi connectivity index (χ0) is 13.7. The summed E-state index contributed by atoms with van der Waals surface area (Å²) in [7, 11) is 0. The molecular weight excluding hydrogens is 292 g/mol. The van der Waals surface area contributed by atoms with Gasteiger partial charge >= 0.3 is 5.97 Å². The van der Waals surface area contributed by atoms with E-state index in [9.17, 15) is 4.79 Å². The van der Waals surface area contributed by atoms with Gasteiger partial charge in [0.05, 0.1) is 4.90 Å². The minimum atomic E-state index is -0.615. The van der Waals surface area contributed by atoms with E-state index in [-0.39, 0.29) is 11.3 Å². The van der Waals surface area contributed by atoms with Crippen molar-refractivity contribution in [3.8, 4) is 11.5 Å². The molecular formula is C11H12O4S3. The fourth-order valence-corrected chi connectivity index (χ4v) is 2.37. The number of carbonyl (C=O) groups is 1. The van der Waals surface area contributed by atoms with Crippen LogP contribution in [-0.2, 0) is 4.74 Å². The first-order valence-electron chi connectivity index (χ1n) is 5.11. The highest BCUT2D eigenvalue weighted by molar-refractivity contribution is 7.84. The number of carbonyl (C=O) groups excluding carboxylic acids is 1. The lowest BCUT2D eigenvalue weighted by Crippen LogP contribution is -2.24. The minimum absolute atomic E-state index is 0.171. The fraction of sp³-hybridized carbons (Fsp3) is 0.364. The third kappa shape index (κ3) is 2.26. The van der Waals surface area contributed by atoms with Gasteiger partial charge in [-0.15, -0.1) is 37.9 Å². The molecule has 0 aromatic heterocycles. The fourth-order valence-electron chi connectivity index (χ4n) is 1.43. The first kappa shape index (κ1) is 13.8. The SMILES string of the molecule is CC(C)(C)OC(=O)c1c(S)c(S)c2c(S)c1OO2. The van der Waals surface area contributed by atoms with Gasteiger partial charge in [-0.25, -0.2) is 4.79 Å². The Hall–Kier alpha value is -0.660. The van der Waals surface area contributed by atoms with E-state index in [2.05, 4.69) is 37.9 Å². The molecule has 7 heteroatoms. The summed E-state index contributed by atoms with van der Waals surface area (Å²) in [6.45, 7) is 5.33. The first-order valence-corrected chi connectivity index (χ1v) is 6.45. The number of fused-ring (bicyclic) bond motifs is 2. The molecule has 1 aromatic rings. The van der Waals surface area contributed by atoms with Crippen LogP contribution in [-0.4, -0.2) is 11.6 Å². The molecule has 0 radical (unpaired) electrons. The van der Waals surface area contributed by atoms with Crippen LogP contribution in [0.4, 0.5) is 0 Å². The van der Waals surface area contributed by atoms with E-state index in [1.165, 1.54) is 0 Å². The monoisotopic (exact) mass is 304 g/mol. The van der Waals surface area contributed by atoms with Gasteiger partial charge < -0.3 is 4.74 Å². The molecule has 0 fully saturated rings. The second kappa shape index (κ2) is 4.47. The predicted molar refractivity (Wildman–Crippen MR) is 74.6 cm³/mol. The van der Waals surface area contributed by atoms with Gasteiger partial charge in [0.2, 0.25) is 11.5 Å². The maximum atomic E-state index is 12.1. The number of ether oxygens (including phenoxy) is 1. The van der Waals surface area contributed by atoms with Crippen molar-refractivity contribution in [2.24, 2.45) is 0 Å². The predicted octanol–water partition coefficient (Wildman–Crippen LogP) is 3.19. The van der Waals surface area contributed by atoms with Crippen molar-refractivity contribution in [2.75, 3.05) is 0 Å². The Kier molecular flexibility index (Phi) is 3.42. The van der Waals surface area contributed by atoms with E-state index >= 15 is 0 Å². The molecule has 2 rings (SSSR count). The highest BCUT2D eigenvalue weighted by atomic mass is 32.1. The number of hydrogen-bond acceptors (Lipinski definition) is 7. The van der Waals surface area contributed by atoms with Crippen LogP contribution in [0.5, 0.6) is 11.5 Å².